The molecular formula is C11H13N9O. The molecule has 0 aliphatic carbocycles. The third-order valence-corrected chi connectivity index (χ3v) is 2.68. The van der Waals surface area contributed by atoms with E-state index < -0.39 is 0 Å². The molecule has 0 aliphatic rings. The summed E-state index contributed by atoms with van der Waals surface area (Å²) >= 11 is 0. The number of hydrazine groups is 1. The van der Waals surface area contributed by atoms with Crippen LogP contribution < -0.4 is 16.2 Å². The van der Waals surface area contributed by atoms with Gasteiger partial charge in [0.05, 0.1) is 12.8 Å². The Kier molecular flexibility index (Phi) is 3.43. The Labute approximate surface area is 119 Å². The Bertz CT molecular complexity index is 695. The third kappa shape index (κ3) is 2.79. The van der Waals surface area contributed by atoms with Crippen LogP contribution in [0.4, 0.5) is 11.9 Å². The summed E-state index contributed by atoms with van der Waals surface area (Å²) < 4.78 is 6.73. The second-order valence-electron chi connectivity index (χ2n) is 4.18. The molecule has 0 radical (unpaired) electrons. The fourth-order valence-electron chi connectivity index (χ4n) is 1.71. The summed E-state index contributed by atoms with van der Waals surface area (Å²) in [6, 6.07) is 3.70. The summed E-state index contributed by atoms with van der Waals surface area (Å²) in [6.07, 6.45) is 4.50. The van der Waals surface area contributed by atoms with Crippen LogP contribution in [0.1, 0.15) is 5.76 Å². The zero-order chi connectivity index (χ0) is 14.7. The number of nitrogens with two attached hydrogens (primary N) is 1. The molecule has 0 saturated heterocycles. The van der Waals surface area contributed by atoms with Crippen molar-refractivity contribution in [2.45, 2.75) is 6.54 Å². The number of nitrogens with one attached hydrogen (secondary N) is 1. The van der Waals surface area contributed by atoms with E-state index in [0.29, 0.717) is 18.4 Å². The van der Waals surface area contributed by atoms with Gasteiger partial charge in [0.2, 0.25) is 11.9 Å². The largest absolute Gasteiger partial charge is 0.467 e. The molecule has 3 heterocycles. The molecule has 0 bridgehead atoms. The van der Waals surface area contributed by atoms with E-state index in [0.717, 1.165) is 5.76 Å². The highest BCUT2D eigenvalue weighted by Crippen LogP contribution is 2.14. The van der Waals surface area contributed by atoms with Gasteiger partial charge in [-0.3, -0.25) is 5.43 Å². The Morgan fingerprint density at radius 3 is 2.95 bits per heavy atom. The van der Waals surface area contributed by atoms with Crippen LogP contribution in [-0.4, -0.2) is 36.8 Å². The molecule has 3 aromatic heterocycles. The number of furan rings is 1. The summed E-state index contributed by atoms with van der Waals surface area (Å²) in [5.74, 6) is 7.17. The first-order chi connectivity index (χ1) is 10.3. The van der Waals surface area contributed by atoms with Crippen molar-refractivity contribution >= 4 is 11.9 Å². The van der Waals surface area contributed by atoms with Gasteiger partial charge in [-0.15, -0.1) is 0 Å². The summed E-state index contributed by atoms with van der Waals surface area (Å²) in [5.41, 5.74) is 2.41. The van der Waals surface area contributed by atoms with E-state index in [1.807, 2.05) is 24.1 Å². The Morgan fingerprint density at radius 1 is 1.38 bits per heavy atom. The molecule has 3 rings (SSSR count). The molecule has 3 N–H and O–H groups in total. The smallest absolute Gasteiger partial charge is 0.258 e. The maximum Gasteiger partial charge on any atom is 0.258 e. The summed E-state index contributed by atoms with van der Waals surface area (Å²) in [7, 11) is 1.84. The Morgan fingerprint density at radius 2 is 2.29 bits per heavy atom. The predicted octanol–water partition coefficient (Wildman–Crippen LogP) is -0.0327. The number of aromatic nitrogens is 6. The normalized spacial score (nSPS) is 10.6. The second-order valence-corrected chi connectivity index (χ2v) is 4.18. The lowest BCUT2D eigenvalue weighted by Gasteiger charge is -2.16. The minimum atomic E-state index is 0.233. The summed E-state index contributed by atoms with van der Waals surface area (Å²) in [6.45, 7) is 0.512. The zero-order valence-corrected chi connectivity index (χ0v) is 11.2. The Balaban J connectivity index is 1.92. The minimum absolute atomic E-state index is 0.233. The van der Waals surface area contributed by atoms with Gasteiger partial charge in [0, 0.05) is 7.05 Å². The van der Waals surface area contributed by atoms with Gasteiger partial charge in [-0.25, -0.2) is 10.8 Å². The molecule has 108 valence electrons. The topological polar surface area (TPSA) is 124 Å². The first-order valence-corrected chi connectivity index (χ1v) is 6.07. The van der Waals surface area contributed by atoms with Gasteiger partial charge < -0.3 is 9.32 Å². The van der Waals surface area contributed by atoms with Gasteiger partial charge in [-0.1, -0.05) is 0 Å². The fraction of sp³-hybridized carbons (Fsp3) is 0.182. The number of anilines is 2. The molecule has 0 unspecified atom stereocenters. The average Bonchev–Trinajstić information content (AvgIpc) is 3.20. The maximum atomic E-state index is 5.39. The molecule has 0 aliphatic heterocycles. The number of hydrogen-bond donors (Lipinski definition) is 2. The first kappa shape index (κ1) is 13.0. The molecule has 0 atom stereocenters. The van der Waals surface area contributed by atoms with Crippen molar-refractivity contribution < 1.29 is 4.42 Å². The van der Waals surface area contributed by atoms with E-state index in [1.54, 1.807) is 6.26 Å². The van der Waals surface area contributed by atoms with Gasteiger partial charge in [0.15, 0.2) is 0 Å². The highest BCUT2D eigenvalue weighted by molar-refractivity contribution is 5.38. The Hall–Kier alpha value is -3.01. The van der Waals surface area contributed by atoms with Gasteiger partial charge >= 0.3 is 0 Å². The van der Waals surface area contributed by atoms with Gasteiger partial charge in [0.25, 0.3) is 5.95 Å². The quantitative estimate of drug-likeness (QED) is 0.491. The van der Waals surface area contributed by atoms with E-state index in [1.165, 1.54) is 17.3 Å². The van der Waals surface area contributed by atoms with Crippen molar-refractivity contribution in [1.82, 2.24) is 29.7 Å². The van der Waals surface area contributed by atoms with Crippen LogP contribution >= 0.6 is 0 Å². The lowest BCUT2D eigenvalue weighted by Crippen LogP contribution is -2.22. The van der Waals surface area contributed by atoms with E-state index in [9.17, 15) is 0 Å². The molecule has 3 aromatic rings. The standard InChI is InChI=1S/C11H13N9O/c1-19(5-8-3-2-4-21-8)10-15-9(18-12)16-11(17-10)20-7-13-6-14-20/h2-4,6-7H,5,12H2,1H3,(H,15,16,17,18). The van der Waals surface area contributed by atoms with Crippen LogP contribution in [-0.2, 0) is 6.54 Å². The van der Waals surface area contributed by atoms with Crippen LogP contribution in [0.3, 0.4) is 0 Å². The summed E-state index contributed by atoms with van der Waals surface area (Å²) in [4.78, 5) is 18.3. The van der Waals surface area contributed by atoms with Crippen LogP contribution in [0.15, 0.2) is 35.5 Å². The minimum Gasteiger partial charge on any atom is -0.467 e. The van der Waals surface area contributed by atoms with Crippen LogP contribution in [0.25, 0.3) is 5.95 Å². The highest BCUT2D eigenvalue weighted by Gasteiger charge is 2.13. The van der Waals surface area contributed by atoms with Crippen LogP contribution in [0, 0.1) is 0 Å². The maximum absolute atomic E-state index is 5.39. The van der Waals surface area contributed by atoms with Gasteiger partial charge in [-0.05, 0) is 12.1 Å². The van der Waals surface area contributed by atoms with E-state index >= 15 is 0 Å². The van der Waals surface area contributed by atoms with E-state index in [2.05, 4.69) is 30.5 Å². The SMILES string of the molecule is CN(Cc1ccco1)c1nc(NN)nc(-n2cncn2)n1. The lowest BCUT2D eigenvalue weighted by atomic mass is 10.4. The predicted molar refractivity (Wildman–Crippen MR) is 73.4 cm³/mol. The van der Waals surface area contributed by atoms with Crippen LogP contribution in [0.5, 0.6) is 0 Å². The number of nitrogen functional groups attached to an aromatic ring is 1. The monoisotopic (exact) mass is 287 g/mol. The van der Waals surface area contributed by atoms with E-state index in [4.69, 9.17) is 10.3 Å². The molecule has 0 fully saturated rings. The average molecular weight is 287 g/mol. The van der Waals surface area contributed by atoms with Crippen molar-refractivity contribution in [3.05, 3.63) is 36.8 Å². The third-order valence-electron chi connectivity index (χ3n) is 2.68. The van der Waals surface area contributed by atoms with Crippen molar-refractivity contribution in [3.63, 3.8) is 0 Å². The summed E-state index contributed by atoms with van der Waals surface area (Å²) in [5, 5.41) is 3.99. The molecule has 21 heavy (non-hydrogen) atoms. The number of hydrogen-bond acceptors (Lipinski definition) is 9. The highest BCUT2D eigenvalue weighted by atomic mass is 16.3. The zero-order valence-electron chi connectivity index (χ0n) is 11.2. The molecule has 0 aromatic carbocycles. The first-order valence-electron chi connectivity index (χ1n) is 6.07. The van der Waals surface area contributed by atoms with Crippen molar-refractivity contribution in [1.29, 1.82) is 0 Å². The van der Waals surface area contributed by atoms with Crippen molar-refractivity contribution in [3.8, 4) is 5.95 Å². The molecule has 0 amide bonds. The molecular weight excluding hydrogens is 274 g/mol. The fourth-order valence-corrected chi connectivity index (χ4v) is 1.71. The molecule has 0 saturated carbocycles. The van der Waals surface area contributed by atoms with E-state index in [-0.39, 0.29) is 5.95 Å². The van der Waals surface area contributed by atoms with Gasteiger partial charge in [0.1, 0.15) is 18.4 Å². The number of rotatable bonds is 5. The molecule has 0 spiro atoms. The molecule has 10 nitrogen and oxygen atoms in total. The van der Waals surface area contributed by atoms with Crippen LogP contribution in [0.2, 0.25) is 0 Å². The lowest BCUT2D eigenvalue weighted by molar-refractivity contribution is 0.506. The molecule has 10 heteroatoms. The number of nitrogens with zero attached hydrogens (tertiary/aromatic N) is 7. The van der Waals surface area contributed by atoms with Crippen molar-refractivity contribution in [2.24, 2.45) is 5.84 Å². The van der Waals surface area contributed by atoms with Gasteiger partial charge in [-0.2, -0.15) is 24.7 Å². The van der Waals surface area contributed by atoms with Crippen molar-refractivity contribution in [2.75, 3.05) is 17.4 Å². The second kappa shape index (κ2) is 5.54.